The van der Waals surface area contributed by atoms with Gasteiger partial charge < -0.3 is 4.42 Å². The van der Waals surface area contributed by atoms with Crippen LogP contribution in [0.4, 0.5) is 5.69 Å². The maximum absolute atomic E-state index is 14.0. The summed E-state index contributed by atoms with van der Waals surface area (Å²) in [7, 11) is -3.07. The molecule has 11 nitrogen and oxygen atoms in total. The molecule has 182 valence electrons. The highest BCUT2D eigenvalue weighted by atomic mass is 32.2. The van der Waals surface area contributed by atoms with Gasteiger partial charge in [-0.2, -0.15) is 4.31 Å². The molecule has 0 aliphatic heterocycles. The van der Waals surface area contributed by atoms with Crippen molar-refractivity contribution in [3.63, 3.8) is 0 Å². The molecule has 5 aromatic rings. The first-order valence-electron chi connectivity index (χ1n) is 10.7. The number of rotatable bonds is 5. The van der Waals surface area contributed by atoms with Crippen molar-refractivity contribution in [2.75, 3.05) is 4.31 Å². The smallest absolute Gasteiger partial charge is 0.408 e. The van der Waals surface area contributed by atoms with Gasteiger partial charge >= 0.3 is 5.76 Å². The van der Waals surface area contributed by atoms with E-state index in [0.29, 0.717) is 9.99 Å². The van der Waals surface area contributed by atoms with Gasteiger partial charge in [0.1, 0.15) is 5.69 Å². The lowest BCUT2D eigenvalue weighted by atomic mass is 10.2. The number of para-hydroxylation sites is 1. The predicted octanol–water partition coefficient (Wildman–Crippen LogP) is 2.35. The first-order valence-corrected chi connectivity index (χ1v) is 12.1. The van der Waals surface area contributed by atoms with Gasteiger partial charge in [0, 0.05) is 25.5 Å². The SMILES string of the molecule is Cc1c(N(C(=O)c2cccnc2)S(=O)(=O)c2ccc3[nH]c(=O)oc3c2)c(=O)n(-c2ccccc2)n1C. The number of sulfonamides is 1. The van der Waals surface area contributed by atoms with Crippen LogP contribution in [-0.4, -0.2) is 33.7 Å². The van der Waals surface area contributed by atoms with Crippen LogP contribution in [0.25, 0.3) is 16.8 Å². The number of carbonyl (C=O) groups is 1. The monoisotopic (exact) mass is 505 g/mol. The number of nitrogens with zero attached hydrogens (tertiary/aromatic N) is 4. The van der Waals surface area contributed by atoms with Crippen molar-refractivity contribution in [3.05, 3.63) is 105 Å². The number of hydrogen-bond acceptors (Lipinski definition) is 7. The lowest BCUT2D eigenvalue weighted by molar-refractivity contribution is 0.100. The fraction of sp³-hybridized carbons (Fsp3) is 0.0833. The first kappa shape index (κ1) is 23.1. The Bertz CT molecular complexity index is 1830. The van der Waals surface area contributed by atoms with E-state index in [4.69, 9.17) is 4.42 Å². The highest BCUT2D eigenvalue weighted by Crippen LogP contribution is 2.28. The molecule has 3 heterocycles. The zero-order valence-corrected chi connectivity index (χ0v) is 19.9. The summed E-state index contributed by atoms with van der Waals surface area (Å²) in [6, 6.07) is 15.2. The third kappa shape index (κ3) is 3.64. The zero-order valence-electron chi connectivity index (χ0n) is 19.1. The van der Waals surface area contributed by atoms with Crippen LogP contribution in [0.3, 0.4) is 0 Å². The van der Waals surface area contributed by atoms with Crippen molar-refractivity contribution < 1.29 is 17.6 Å². The standard InChI is InChI=1S/C24H19N5O6S/c1-15-21(23(31)28(27(15)2)17-8-4-3-5-9-17)29(22(30)16-7-6-12-25-14-16)36(33,34)18-10-11-19-20(13-18)35-24(32)26-19/h3-14H,1-2H3,(H,26,32). The van der Waals surface area contributed by atoms with E-state index in [0.717, 1.165) is 6.07 Å². The predicted molar refractivity (Wildman–Crippen MR) is 131 cm³/mol. The Balaban J connectivity index is 1.78. The number of benzene rings is 2. The van der Waals surface area contributed by atoms with Gasteiger partial charge in [-0.3, -0.25) is 24.2 Å². The fourth-order valence-corrected chi connectivity index (χ4v) is 5.40. The number of H-pyrrole nitrogens is 1. The number of aromatic amines is 1. The van der Waals surface area contributed by atoms with Gasteiger partial charge in [0.25, 0.3) is 21.5 Å². The van der Waals surface area contributed by atoms with Gasteiger partial charge in [-0.25, -0.2) is 17.9 Å². The summed E-state index contributed by atoms with van der Waals surface area (Å²) >= 11 is 0. The number of aromatic nitrogens is 4. The van der Waals surface area contributed by atoms with Gasteiger partial charge in [-0.1, -0.05) is 18.2 Å². The molecule has 0 radical (unpaired) electrons. The van der Waals surface area contributed by atoms with Crippen LogP contribution in [-0.2, 0) is 17.1 Å². The van der Waals surface area contributed by atoms with E-state index in [1.807, 2.05) is 0 Å². The fourth-order valence-electron chi connectivity index (χ4n) is 3.92. The van der Waals surface area contributed by atoms with Crippen LogP contribution in [0.5, 0.6) is 0 Å². The summed E-state index contributed by atoms with van der Waals surface area (Å²) in [4.78, 5) is 44.9. The number of carbonyl (C=O) groups excluding carboxylic acids is 1. The molecular formula is C24H19N5O6S. The number of pyridine rings is 1. The van der Waals surface area contributed by atoms with Crippen molar-refractivity contribution in [1.82, 2.24) is 19.3 Å². The van der Waals surface area contributed by atoms with E-state index in [9.17, 15) is 22.8 Å². The maximum Gasteiger partial charge on any atom is 0.417 e. The van der Waals surface area contributed by atoms with Crippen molar-refractivity contribution >= 4 is 32.7 Å². The van der Waals surface area contributed by atoms with Gasteiger partial charge in [-0.15, -0.1) is 0 Å². The molecule has 5 rings (SSSR count). The summed E-state index contributed by atoms with van der Waals surface area (Å²) in [5.41, 5.74) is -0.0981. The van der Waals surface area contributed by atoms with Crippen molar-refractivity contribution in [3.8, 4) is 5.69 Å². The second kappa shape index (κ2) is 8.50. The lowest BCUT2D eigenvalue weighted by Gasteiger charge is -2.21. The van der Waals surface area contributed by atoms with Crippen molar-refractivity contribution in [2.45, 2.75) is 11.8 Å². The summed E-state index contributed by atoms with van der Waals surface area (Å²) in [6.07, 6.45) is 2.65. The third-order valence-electron chi connectivity index (χ3n) is 5.75. The Kier molecular flexibility index (Phi) is 5.44. The van der Waals surface area contributed by atoms with E-state index in [-0.39, 0.29) is 32.9 Å². The molecule has 0 unspecified atom stereocenters. The second-order valence-corrected chi connectivity index (χ2v) is 9.69. The first-order chi connectivity index (χ1) is 17.2. The highest BCUT2D eigenvalue weighted by molar-refractivity contribution is 7.93. The van der Waals surface area contributed by atoms with Crippen LogP contribution < -0.4 is 15.6 Å². The number of amides is 1. The van der Waals surface area contributed by atoms with E-state index < -0.39 is 27.2 Å². The summed E-state index contributed by atoms with van der Waals surface area (Å²) < 4.78 is 36.1. The summed E-state index contributed by atoms with van der Waals surface area (Å²) in [5.74, 6) is -1.72. The molecule has 0 aliphatic carbocycles. The van der Waals surface area contributed by atoms with Crippen LogP contribution >= 0.6 is 0 Å². The minimum Gasteiger partial charge on any atom is -0.408 e. The average molecular weight is 506 g/mol. The maximum atomic E-state index is 14.0. The number of hydrogen-bond donors (Lipinski definition) is 1. The molecule has 0 atom stereocenters. The molecule has 0 bridgehead atoms. The molecule has 36 heavy (non-hydrogen) atoms. The van der Waals surface area contributed by atoms with E-state index in [1.165, 1.54) is 46.0 Å². The molecular weight excluding hydrogens is 486 g/mol. The molecule has 0 fully saturated rings. The Morgan fingerprint density at radius 2 is 1.81 bits per heavy atom. The Morgan fingerprint density at radius 1 is 1.06 bits per heavy atom. The Hall–Kier alpha value is -4.71. The summed E-state index contributed by atoms with van der Waals surface area (Å²) in [5, 5.41) is 0. The van der Waals surface area contributed by atoms with E-state index in [2.05, 4.69) is 9.97 Å². The zero-order chi connectivity index (χ0) is 25.6. The Morgan fingerprint density at radius 3 is 2.50 bits per heavy atom. The van der Waals surface area contributed by atoms with Crippen LogP contribution in [0.15, 0.2) is 92.0 Å². The minimum atomic E-state index is -4.66. The normalized spacial score (nSPS) is 11.6. The van der Waals surface area contributed by atoms with Crippen molar-refractivity contribution in [1.29, 1.82) is 0 Å². The molecule has 12 heteroatoms. The quantitative estimate of drug-likeness (QED) is 0.387. The molecule has 0 spiro atoms. The lowest BCUT2D eigenvalue weighted by Crippen LogP contribution is -2.40. The number of oxazole rings is 1. The molecule has 0 aliphatic rings. The van der Waals surface area contributed by atoms with Crippen LogP contribution in [0, 0.1) is 6.92 Å². The van der Waals surface area contributed by atoms with Gasteiger partial charge in [0.15, 0.2) is 5.58 Å². The number of nitrogens with one attached hydrogen (secondary N) is 1. The molecule has 0 saturated carbocycles. The molecule has 0 saturated heterocycles. The summed E-state index contributed by atoms with van der Waals surface area (Å²) in [6.45, 7) is 1.55. The van der Waals surface area contributed by atoms with Crippen LogP contribution in [0.1, 0.15) is 16.1 Å². The van der Waals surface area contributed by atoms with Crippen molar-refractivity contribution in [2.24, 2.45) is 7.05 Å². The molecule has 2 aromatic carbocycles. The highest BCUT2D eigenvalue weighted by Gasteiger charge is 2.37. The van der Waals surface area contributed by atoms with E-state index in [1.54, 1.807) is 44.3 Å². The average Bonchev–Trinajstić information content (AvgIpc) is 3.35. The van der Waals surface area contributed by atoms with Gasteiger partial charge in [0.05, 0.1) is 27.4 Å². The molecule has 3 aromatic heterocycles. The molecule has 1 amide bonds. The third-order valence-corrected chi connectivity index (χ3v) is 7.43. The largest absolute Gasteiger partial charge is 0.417 e. The second-order valence-electron chi connectivity index (χ2n) is 7.90. The van der Waals surface area contributed by atoms with E-state index >= 15 is 0 Å². The van der Waals surface area contributed by atoms with Gasteiger partial charge in [0.2, 0.25) is 0 Å². The number of fused-ring (bicyclic) bond motifs is 1. The van der Waals surface area contributed by atoms with Crippen LogP contribution in [0.2, 0.25) is 0 Å². The van der Waals surface area contributed by atoms with Gasteiger partial charge in [-0.05, 0) is 43.3 Å². The molecule has 1 N–H and O–H groups in total. The Labute approximate surface area is 203 Å². The number of anilines is 1. The topological polar surface area (TPSA) is 140 Å². The minimum absolute atomic E-state index is 0.0127.